The third-order valence-electron chi connectivity index (χ3n) is 6.10. The Bertz CT molecular complexity index is 1640. The van der Waals surface area contributed by atoms with Gasteiger partial charge in [0, 0.05) is 16.6 Å². The molecule has 2 aromatic heterocycles. The van der Waals surface area contributed by atoms with E-state index in [1.54, 1.807) is 12.3 Å². The van der Waals surface area contributed by atoms with Crippen molar-refractivity contribution in [2.24, 2.45) is 0 Å². The molecule has 0 fully saturated rings. The van der Waals surface area contributed by atoms with Crippen LogP contribution in [0.1, 0.15) is 31.2 Å². The van der Waals surface area contributed by atoms with Crippen molar-refractivity contribution in [2.75, 3.05) is 16.4 Å². The molecule has 0 bridgehead atoms. The van der Waals surface area contributed by atoms with E-state index in [2.05, 4.69) is 34.4 Å². The van der Waals surface area contributed by atoms with E-state index in [-0.39, 0.29) is 11.6 Å². The zero-order valence-electron chi connectivity index (χ0n) is 20.0. The molecule has 5 aromatic rings. The van der Waals surface area contributed by atoms with Gasteiger partial charge in [-0.2, -0.15) is 17.6 Å². The first-order chi connectivity index (χ1) is 17.6. The standard InChI is InChI=1S/C27H23F3N6O/c1-15(2)25-35-22(23-24(31)32-12-13-36(23)25)20-10-11-21(19-9-4-3-8-18(19)20)34-26(37)33-17-7-5-6-16(14-17)27(28,29)30/h3-15H,1-2H3,(H4,31,32,33,34,37)/p+1. The number of hydrogen-bond donors (Lipinski definition) is 4. The number of amides is 2. The Hall–Kier alpha value is -4.60. The van der Waals surface area contributed by atoms with E-state index in [1.807, 2.05) is 40.9 Å². The van der Waals surface area contributed by atoms with Crippen LogP contribution in [0.3, 0.4) is 0 Å². The number of aromatic nitrogens is 3. The van der Waals surface area contributed by atoms with Crippen molar-refractivity contribution in [1.29, 1.82) is 0 Å². The van der Waals surface area contributed by atoms with Crippen LogP contribution in [-0.2, 0) is 6.18 Å². The average Bonchev–Trinajstić information content (AvgIpc) is 3.25. The first-order valence-electron chi connectivity index (χ1n) is 11.6. The number of benzene rings is 3. The fraction of sp³-hybridized carbons (Fsp3) is 0.148. The van der Waals surface area contributed by atoms with Crippen molar-refractivity contribution in [3.8, 4) is 11.3 Å². The highest BCUT2D eigenvalue weighted by atomic mass is 19.4. The largest absolute Gasteiger partial charge is 0.416 e. The predicted molar refractivity (Wildman–Crippen MR) is 137 cm³/mol. The number of urea groups is 1. The molecule has 0 aliphatic rings. The molecule has 2 amide bonds. The minimum Gasteiger partial charge on any atom is -0.380 e. The Morgan fingerprint density at radius 3 is 2.51 bits per heavy atom. The fourth-order valence-electron chi connectivity index (χ4n) is 4.44. The molecular formula is C27H24F3N6O+. The Balaban J connectivity index is 1.53. The molecule has 0 saturated carbocycles. The highest BCUT2D eigenvalue weighted by Crippen LogP contribution is 2.36. The number of imidazole rings is 1. The minimum absolute atomic E-state index is 0.0346. The number of carbonyl (C=O) groups is 1. The molecule has 0 aliphatic carbocycles. The van der Waals surface area contributed by atoms with Crippen LogP contribution in [0.2, 0.25) is 0 Å². The number of fused-ring (bicyclic) bond motifs is 2. The number of nitrogens with one attached hydrogen (secondary N) is 3. The molecule has 0 saturated heterocycles. The van der Waals surface area contributed by atoms with Crippen molar-refractivity contribution in [1.82, 2.24) is 9.97 Å². The predicted octanol–water partition coefficient (Wildman–Crippen LogP) is 6.34. The molecule has 0 aliphatic heterocycles. The number of alkyl halides is 3. The van der Waals surface area contributed by atoms with Crippen molar-refractivity contribution in [3.05, 3.63) is 84.4 Å². The third kappa shape index (κ3) is 4.53. The molecule has 0 unspecified atom stereocenters. The summed E-state index contributed by atoms with van der Waals surface area (Å²) in [6.45, 7) is 4.15. The number of H-pyrrole nitrogens is 1. The van der Waals surface area contributed by atoms with E-state index in [0.717, 1.165) is 45.5 Å². The number of hydrogen-bond acceptors (Lipinski definition) is 3. The van der Waals surface area contributed by atoms with Gasteiger partial charge in [-0.25, -0.2) is 14.8 Å². The van der Waals surface area contributed by atoms with Crippen LogP contribution in [0.15, 0.2) is 73.1 Å². The molecular weight excluding hydrogens is 481 g/mol. The number of nitrogens with zero attached hydrogens (tertiary/aromatic N) is 2. The molecule has 188 valence electrons. The summed E-state index contributed by atoms with van der Waals surface area (Å²) in [5.41, 5.74) is 8.38. The number of nitrogen functional groups attached to an aromatic ring is 1. The lowest BCUT2D eigenvalue weighted by Crippen LogP contribution is -2.26. The Kier molecular flexibility index (Phi) is 5.94. The maximum atomic E-state index is 13.0. The number of nitrogens with two attached hydrogens (primary N) is 1. The molecule has 2 heterocycles. The molecule has 5 N–H and O–H groups in total. The van der Waals surface area contributed by atoms with Gasteiger partial charge in [0.1, 0.15) is 6.20 Å². The van der Waals surface area contributed by atoms with Gasteiger partial charge < -0.3 is 16.4 Å². The monoisotopic (exact) mass is 505 g/mol. The Morgan fingerprint density at radius 2 is 1.78 bits per heavy atom. The quantitative estimate of drug-likeness (QED) is 0.215. The second-order valence-electron chi connectivity index (χ2n) is 8.93. The highest BCUT2D eigenvalue weighted by Gasteiger charge is 2.30. The molecule has 5 rings (SSSR count). The molecule has 0 spiro atoms. The van der Waals surface area contributed by atoms with Crippen molar-refractivity contribution < 1.29 is 22.4 Å². The van der Waals surface area contributed by atoms with Crippen LogP contribution < -0.4 is 20.8 Å². The van der Waals surface area contributed by atoms with Crippen LogP contribution in [0, 0.1) is 0 Å². The summed E-state index contributed by atoms with van der Waals surface area (Å²) in [6, 6.07) is 15.0. The Labute approximate surface area is 210 Å². The number of anilines is 3. The van der Waals surface area contributed by atoms with Gasteiger partial charge in [-0.3, -0.25) is 0 Å². The normalized spacial score (nSPS) is 11.8. The first-order valence-corrected chi connectivity index (χ1v) is 11.6. The van der Waals surface area contributed by atoms with E-state index in [4.69, 9.17) is 5.73 Å². The number of halogens is 3. The topological polar surface area (TPSA) is 99.9 Å². The first kappa shape index (κ1) is 24.1. The summed E-state index contributed by atoms with van der Waals surface area (Å²) in [6.07, 6.45) is -0.994. The molecule has 7 nitrogen and oxygen atoms in total. The maximum Gasteiger partial charge on any atom is 0.416 e. The van der Waals surface area contributed by atoms with E-state index < -0.39 is 17.8 Å². The lowest BCUT2D eigenvalue weighted by Gasteiger charge is -2.13. The van der Waals surface area contributed by atoms with Crippen LogP contribution in [0.25, 0.3) is 27.5 Å². The van der Waals surface area contributed by atoms with Gasteiger partial charge in [-0.15, -0.1) is 0 Å². The molecule has 0 atom stereocenters. The van der Waals surface area contributed by atoms with Crippen molar-refractivity contribution in [2.45, 2.75) is 25.9 Å². The summed E-state index contributed by atoms with van der Waals surface area (Å²) in [4.78, 5) is 20.5. The smallest absolute Gasteiger partial charge is 0.380 e. The minimum atomic E-state index is -4.51. The number of carbonyl (C=O) groups excluding carboxylic acids is 1. The second kappa shape index (κ2) is 9.12. The van der Waals surface area contributed by atoms with Gasteiger partial charge in [0.25, 0.3) is 5.82 Å². The van der Waals surface area contributed by atoms with Crippen molar-refractivity contribution >= 4 is 39.5 Å². The lowest BCUT2D eigenvalue weighted by molar-refractivity contribution is -0.522. The van der Waals surface area contributed by atoms with Gasteiger partial charge in [0.15, 0.2) is 11.5 Å². The lowest BCUT2D eigenvalue weighted by atomic mass is 10.00. The second-order valence-corrected chi connectivity index (χ2v) is 8.93. The zero-order valence-corrected chi connectivity index (χ0v) is 20.0. The van der Waals surface area contributed by atoms with Crippen LogP contribution in [-0.4, -0.2) is 16.0 Å². The average molecular weight is 506 g/mol. The van der Waals surface area contributed by atoms with Gasteiger partial charge in [-0.05, 0) is 35.7 Å². The van der Waals surface area contributed by atoms with Crippen molar-refractivity contribution in [3.63, 3.8) is 0 Å². The van der Waals surface area contributed by atoms with E-state index >= 15 is 0 Å². The fourth-order valence-corrected chi connectivity index (χ4v) is 4.44. The van der Waals surface area contributed by atoms with Gasteiger partial charge >= 0.3 is 12.2 Å². The molecule has 37 heavy (non-hydrogen) atoms. The molecule has 10 heteroatoms. The van der Waals surface area contributed by atoms with E-state index in [1.165, 1.54) is 12.1 Å². The molecule has 3 aromatic carbocycles. The number of aromatic amines is 1. The van der Waals surface area contributed by atoms with Gasteiger partial charge in [0.2, 0.25) is 5.52 Å². The van der Waals surface area contributed by atoms with Gasteiger partial charge in [0.05, 0.1) is 23.4 Å². The van der Waals surface area contributed by atoms with Gasteiger partial charge in [-0.1, -0.05) is 44.2 Å². The summed E-state index contributed by atoms with van der Waals surface area (Å²) in [7, 11) is 0. The maximum absolute atomic E-state index is 13.0. The third-order valence-corrected chi connectivity index (χ3v) is 6.10. The zero-order chi connectivity index (χ0) is 26.3. The highest BCUT2D eigenvalue weighted by molar-refractivity contribution is 6.10. The van der Waals surface area contributed by atoms with Crippen LogP contribution in [0.5, 0.6) is 0 Å². The summed E-state index contributed by atoms with van der Waals surface area (Å²) in [5, 5.41) is 6.83. The Morgan fingerprint density at radius 1 is 1.03 bits per heavy atom. The van der Waals surface area contributed by atoms with Crippen LogP contribution >= 0.6 is 0 Å². The molecule has 0 radical (unpaired) electrons. The van der Waals surface area contributed by atoms with Crippen LogP contribution in [0.4, 0.5) is 35.2 Å². The summed E-state index contributed by atoms with van der Waals surface area (Å²) < 4.78 is 41.1. The van der Waals surface area contributed by atoms with E-state index in [0.29, 0.717) is 11.5 Å². The SMILES string of the molecule is CC(C)c1[nH]c(-c2ccc(NC(=O)Nc3cccc(C(F)(F)F)c3)c3ccccc23)c2c(N)ncc[n+]12. The number of rotatable bonds is 4. The van der Waals surface area contributed by atoms with E-state index in [9.17, 15) is 18.0 Å². The summed E-state index contributed by atoms with van der Waals surface area (Å²) in [5.74, 6) is 1.54. The summed E-state index contributed by atoms with van der Waals surface area (Å²) >= 11 is 0.